The van der Waals surface area contributed by atoms with Gasteiger partial charge in [-0.05, 0) is 59.4 Å². The van der Waals surface area contributed by atoms with Crippen LogP contribution in [0.15, 0.2) is 71.9 Å². The summed E-state index contributed by atoms with van der Waals surface area (Å²) in [5.74, 6) is -0.293. The number of hydrogen-bond acceptors (Lipinski definition) is 4. The van der Waals surface area contributed by atoms with Crippen molar-refractivity contribution in [1.29, 1.82) is 0 Å². The van der Waals surface area contributed by atoms with E-state index in [-0.39, 0.29) is 16.2 Å². The maximum absolute atomic E-state index is 12.9. The Bertz CT molecular complexity index is 1170. The van der Waals surface area contributed by atoms with Crippen LogP contribution < -0.4 is 10.0 Å². The summed E-state index contributed by atoms with van der Waals surface area (Å²) < 4.78 is 28.4. The van der Waals surface area contributed by atoms with Crippen molar-refractivity contribution in [1.82, 2.24) is 10.3 Å². The topological polar surface area (TPSA) is 88.2 Å². The van der Waals surface area contributed by atoms with E-state index in [2.05, 4.69) is 35.8 Å². The van der Waals surface area contributed by atoms with Gasteiger partial charge in [0.05, 0.1) is 10.6 Å². The predicted octanol–water partition coefficient (Wildman–Crippen LogP) is 4.42. The molecule has 7 heteroatoms. The van der Waals surface area contributed by atoms with Gasteiger partial charge in [0.1, 0.15) is 0 Å². The molecule has 0 atom stereocenters. The Morgan fingerprint density at radius 1 is 1.03 bits per heavy atom. The summed E-state index contributed by atoms with van der Waals surface area (Å²) in [7, 11) is -3.79. The zero-order valence-electron chi connectivity index (χ0n) is 18.1. The average molecular weight is 438 g/mol. The molecule has 3 rings (SSSR count). The molecule has 0 aliphatic rings. The van der Waals surface area contributed by atoms with E-state index in [4.69, 9.17) is 0 Å². The van der Waals surface area contributed by atoms with E-state index >= 15 is 0 Å². The number of amides is 1. The highest BCUT2D eigenvalue weighted by Gasteiger charge is 2.19. The van der Waals surface area contributed by atoms with Crippen molar-refractivity contribution in [3.05, 3.63) is 89.2 Å². The minimum Gasteiger partial charge on any atom is -0.348 e. The van der Waals surface area contributed by atoms with Crippen LogP contribution in [0, 0.1) is 6.92 Å². The first-order valence-electron chi connectivity index (χ1n) is 9.97. The second-order valence-corrected chi connectivity index (χ2v) is 10.1. The standard InChI is InChI=1S/C24H27N3O3S/c1-17-7-8-19(23(28)26-16-18-6-5-13-25-15-18)14-22(17)27-31(29,30)21-11-9-20(10-12-21)24(2,3)4/h5-15,27H,16H2,1-4H3,(H,26,28). The fourth-order valence-corrected chi connectivity index (χ4v) is 4.12. The molecule has 2 N–H and O–H groups in total. The average Bonchev–Trinajstić information content (AvgIpc) is 2.73. The van der Waals surface area contributed by atoms with E-state index in [1.165, 1.54) is 0 Å². The monoisotopic (exact) mass is 437 g/mol. The second kappa shape index (κ2) is 8.89. The lowest BCUT2D eigenvalue weighted by molar-refractivity contribution is 0.0951. The summed E-state index contributed by atoms with van der Waals surface area (Å²) >= 11 is 0. The van der Waals surface area contributed by atoms with Crippen LogP contribution >= 0.6 is 0 Å². The van der Waals surface area contributed by atoms with Crippen LogP contribution in [0.25, 0.3) is 0 Å². The number of carbonyl (C=O) groups is 1. The van der Waals surface area contributed by atoms with E-state index in [9.17, 15) is 13.2 Å². The molecule has 0 bridgehead atoms. The van der Waals surface area contributed by atoms with Gasteiger partial charge in [0.15, 0.2) is 0 Å². The van der Waals surface area contributed by atoms with Crippen molar-refractivity contribution in [3.8, 4) is 0 Å². The minimum absolute atomic E-state index is 0.0657. The summed E-state index contributed by atoms with van der Waals surface area (Å²) in [4.78, 5) is 16.7. The first kappa shape index (κ1) is 22.5. The number of aryl methyl sites for hydroxylation is 1. The van der Waals surface area contributed by atoms with Gasteiger partial charge >= 0.3 is 0 Å². The molecule has 0 aliphatic carbocycles. The maximum atomic E-state index is 12.9. The SMILES string of the molecule is Cc1ccc(C(=O)NCc2cccnc2)cc1NS(=O)(=O)c1ccc(C(C)(C)C)cc1. The predicted molar refractivity (Wildman–Crippen MR) is 123 cm³/mol. The fraction of sp³-hybridized carbons (Fsp3) is 0.250. The van der Waals surface area contributed by atoms with E-state index in [1.54, 1.807) is 55.7 Å². The van der Waals surface area contributed by atoms with E-state index in [1.807, 2.05) is 18.2 Å². The molecule has 3 aromatic rings. The third-order valence-corrected chi connectivity index (χ3v) is 6.33. The molecule has 31 heavy (non-hydrogen) atoms. The Kier molecular flexibility index (Phi) is 6.45. The quantitative estimate of drug-likeness (QED) is 0.598. The number of sulfonamides is 1. The molecule has 6 nitrogen and oxygen atoms in total. The lowest BCUT2D eigenvalue weighted by atomic mass is 9.87. The molecular formula is C24H27N3O3S. The Morgan fingerprint density at radius 2 is 1.74 bits per heavy atom. The van der Waals surface area contributed by atoms with Gasteiger partial charge in [0, 0.05) is 24.5 Å². The molecule has 1 amide bonds. The highest BCUT2D eigenvalue weighted by Crippen LogP contribution is 2.25. The molecular weight excluding hydrogens is 410 g/mol. The van der Waals surface area contributed by atoms with Crippen molar-refractivity contribution in [2.24, 2.45) is 0 Å². The van der Waals surface area contributed by atoms with Gasteiger partial charge in [-0.15, -0.1) is 0 Å². The Labute approximate surface area is 183 Å². The first-order chi connectivity index (χ1) is 14.6. The van der Waals surface area contributed by atoms with E-state index < -0.39 is 10.0 Å². The van der Waals surface area contributed by atoms with Crippen LogP contribution in [0.4, 0.5) is 5.69 Å². The molecule has 1 heterocycles. The van der Waals surface area contributed by atoms with E-state index in [0.29, 0.717) is 17.8 Å². The van der Waals surface area contributed by atoms with Crippen LogP contribution in [-0.4, -0.2) is 19.3 Å². The number of benzene rings is 2. The minimum atomic E-state index is -3.79. The smallest absolute Gasteiger partial charge is 0.261 e. The van der Waals surface area contributed by atoms with Crippen molar-refractivity contribution < 1.29 is 13.2 Å². The first-order valence-corrected chi connectivity index (χ1v) is 11.5. The second-order valence-electron chi connectivity index (χ2n) is 8.45. The number of pyridine rings is 1. The van der Waals surface area contributed by atoms with Crippen LogP contribution in [0.2, 0.25) is 0 Å². The van der Waals surface area contributed by atoms with Crippen molar-refractivity contribution in [2.45, 2.75) is 44.6 Å². The number of nitrogens with zero attached hydrogens (tertiary/aromatic N) is 1. The van der Waals surface area contributed by atoms with E-state index in [0.717, 1.165) is 16.7 Å². The van der Waals surface area contributed by atoms with Gasteiger partial charge in [0.2, 0.25) is 0 Å². The molecule has 0 radical (unpaired) electrons. The molecule has 0 saturated carbocycles. The summed E-state index contributed by atoms with van der Waals surface area (Å²) in [6.45, 7) is 8.34. The van der Waals surface area contributed by atoms with Gasteiger partial charge < -0.3 is 5.32 Å². The largest absolute Gasteiger partial charge is 0.348 e. The van der Waals surface area contributed by atoms with Gasteiger partial charge in [-0.25, -0.2) is 8.42 Å². The highest BCUT2D eigenvalue weighted by atomic mass is 32.2. The van der Waals surface area contributed by atoms with Crippen LogP contribution in [0.3, 0.4) is 0 Å². The molecule has 0 spiro atoms. The van der Waals surface area contributed by atoms with Crippen molar-refractivity contribution in [3.63, 3.8) is 0 Å². The Morgan fingerprint density at radius 3 is 2.35 bits per heavy atom. The van der Waals surface area contributed by atoms with Crippen molar-refractivity contribution in [2.75, 3.05) is 4.72 Å². The molecule has 0 unspecified atom stereocenters. The van der Waals surface area contributed by atoms with Crippen LogP contribution in [-0.2, 0) is 22.0 Å². The van der Waals surface area contributed by atoms with Gasteiger partial charge in [-0.2, -0.15) is 0 Å². The van der Waals surface area contributed by atoms with Gasteiger partial charge in [0.25, 0.3) is 15.9 Å². The fourth-order valence-electron chi connectivity index (χ4n) is 3.00. The highest BCUT2D eigenvalue weighted by molar-refractivity contribution is 7.92. The molecule has 0 aliphatic heterocycles. The van der Waals surface area contributed by atoms with Gasteiger partial charge in [-0.3, -0.25) is 14.5 Å². The lowest BCUT2D eigenvalue weighted by Gasteiger charge is -2.19. The lowest BCUT2D eigenvalue weighted by Crippen LogP contribution is -2.23. The third kappa shape index (κ3) is 5.70. The Hall–Kier alpha value is -3.19. The normalized spacial score (nSPS) is 11.7. The Balaban J connectivity index is 1.77. The zero-order valence-corrected chi connectivity index (χ0v) is 19.0. The summed E-state index contributed by atoms with van der Waals surface area (Å²) in [5.41, 5.74) is 3.32. The number of aromatic nitrogens is 1. The van der Waals surface area contributed by atoms with Gasteiger partial charge in [-0.1, -0.05) is 45.0 Å². The molecule has 2 aromatic carbocycles. The number of hydrogen-bond donors (Lipinski definition) is 2. The number of carbonyl (C=O) groups excluding carboxylic acids is 1. The third-order valence-electron chi connectivity index (χ3n) is 4.95. The number of anilines is 1. The summed E-state index contributed by atoms with van der Waals surface area (Å²) in [6, 6.07) is 15.5. The summed E-state index contributed by atoms with van der Waals surface area (Å²) in [6.07, 6.45) is 3.35. The molecule has 162 valence electrons. The molecule has 0 saturated heterocycles. The number of nitrogens with one attached hydrogen (secondary N) is 2. The maximum Gasteiger partial charge on any atom is 0.261 e. The summed E-state index contributed by atoms with van der Waals surface area (Å²) in [5, 5.41) is 2.82. The van der Waals surface area contributed by atoms with Crippen LogP contribution in [0.1, 0.15) is 47.8 Å². The van der Waals surface area contributed by atoms with Crippen LogP contribution in [0.5, 0.6) is 0 Å². The number of rotatable bonds is 6. The molecule has 1 aromatic heterocycles. The van der Waals surface area contributed by atoms with Crippen molar-refractivity contribution >= 4 is 21.6 Å². The molecule has 0 fully saturated rings. The zero-order chi connectivity index (χ0) is 22.6.